The van der Waals surface area contributed by atoms with Crippen LogP contribution < -0.4 is 11.0 Å². The predicted octanol–water partition coefficient (Wildman–Crippen LogP) is 4.59. The SMILES string of the molecule is C[C@@H](c1ccccc1)n1c(-c2cccs2)nc2c(c(=O)c3ccccc3n2C)c1=O. The van der Waals surface area contributed by atoms with Crippen molar-refractivity contribution in [2.75, 3.05) is 0 Å². The third-order valence-corrected chi connectivity index (χ3v) is 6.43. The largest absolute Gasteiger partial charge is 0.328 e. The summed E-state index contributed by atoms with van der Waals surface area (Å²) in [6.07, 6.45) is 0. The molecule has 0 bridgehead atoms. The Bertz CT molecular complexity index is 1500. The highest BCUT2D eigenvalue weighted by molar-refractivity contribution is 7.13. The molecule has 5 rings (SSSR count). The summed E-state index contributed by atoms with van der Waals surface area (Å²) in [5.41, 5.74) is 1.56. The molecule has 148 valence electrons. The Morgan fingerprint density at radius 1 is 0.933 bits per heavy atom. The number of para-hydroxylation sites is 1. The van der Waals surface area contributed by atoms with E-state index >= 15 is 0 Å². The highest BCUT2D eigenvalue weighted by atomic mass is 32.1. The van der Waals surface area contributed by atoms with Crippen molar-refractivity contribution < 1.29 is 0 Å². The van der Waals surface area contributed by atoms with Gasteiger partial charge in [0.1, 0.15) is 5.39 Å². The zero-order valence-corrected chi connectivity index (χ0v) is 17.4. The number of benzene rings is 2. The topological polar surface area (TPSA) is 56.9 Å². The predicted molar refractivity (Wildman–Crippen MR) is 122 cm³/mol. The number of hydrogen-bond acceptors (Lipinski definition) is 4. The van der Waals surface area contributed by atoms with Crippen molar-refractivity contribution in [3.05, 3.63) is 98.3 Å². The Morgan fingerprint density at radius 3 is 2.40 bits per heavy atom. The van der Waals surface area contributed by atoms with Gasteiger partial charge in [-0.3, -0.25) is 14.2 Å². The minimum atomic E-state index is -0.314. The van der Waals surface area contributed by atoms with Gasteiger partial charge in [-0.05, 0) is 36.1 Å². The molecule has 0 fully saturated rings. The van der Waals surface area contributed by atoms with Crippen LogP contribution in [0.1, 0.15) is 18.5 Å². The van der Waals surface area contributed by atoms with Crippen LogP contribution in [0.2, 0.25) is 0 Å². The highest BCUT2D eigenvalue weighted by Gasteiger charge is 2.23. The Kier molecular flexibility index (Phi) is 4.37. The third kappa shape index (κ3) is 2.72. The molecule has 0 amide bonds. The number of pyridine rings is 1. The van der Waals surface area contributed by atoms with Gasteiger partial charge in [0.05, 0.1) is 16.4 Å². The molecule has 1 atom stereocenters. The van der Waals surface area contributed by atoms with E-state index in [1.807, 2.05) is 84.6 Å². The number of aromatic nitrogens is 3. The second-order valence-electron chi connectivity index (χ2n) is 7.28. The van der Waals surface area contributed by atoms with Crippen molar-refractivity contribution in [3.63, 3.8) is 0 Å². The summed E-state index contributed by atoms with van der Waals surface area (Å²) in [5.74, 6) is 0.573. The molecule has 0 unspecified atom stereocenters. The van der Waals surface area contributed by atoms with Gasteiger partial charge in [0.25, 0.3) is 5.56 Å². The van der Waals surface area contributed by atoms with Gasteiger partial charge in [0.15, 0.2) is 11.5 Å². The summed E-state index contributed by atoms with van der Waals surface area (Å²) in [7, 11) is 1.85. The fraction of sp³-hybridized carbons (Fsp3) is 0.125. The Balaban J connectivity index is 1.96. The molecule has 5 nitrogen and oxygen atoms in total. The van der Waals surface area contributed by atoms with Gasteiger partial charge >= 0.3 is 0 Å². The molecular formula is C24H19N3O2S. The summed E-state index contributed by atoms with van der Waals surface area (Å²) in [6.45, 7) is 1.97. The van der Waals surface area contributed by atoms with Crippen LogP contribution in [0.25, 0.3) is 32.6 Å². The van der Waals surface area contributed by atoms with Gasteiger partial charge in [-0.15, -0.1) is 11.3 Å². The number of thiophene rings is 1. The van der Waals surface area contributed by atoms with Gasteiger partial charge < -0.3 is 4.57 Å². The van der Waals surface area contributed by atoms with Crippen molar-refractivity contribution in [2.24, 2.45) is 7.05 Å². The van der Waals surface area contributed by atoms with E-state index in [-0.39, 0.29) is 22.4 Å². The lowest BCUT2D eigenvalue weighted by Crippen LogP contribution is -2.31. The monoisotopic (exact) mass is 413 g/mol. The van der Waals surface area contributed by atoms with E-state index in [4.69, 9.17) is 4.98 Å². The molecule has 2 aromatic carbocycles. The minimum absolute atomic E-state index is 0.124. The first kappa shape index (κ1) is 18.5. The molecule has 30 heavy (non-hydrogen) atoms. The van der Waals surface area contributed by atoms with Crippen LogP contribution >= 0.6 is 11.3 Å². The van der Waals surface area contributed by atoms with Crippen LogP contribution in [0.4, 0.5) is 0 Å². The molecule has 5 aromatic rings. The normalized spacial score (nSPS) is 12.5. The first-order valence-electron chi connectivity index (χ1n) is 9.70. The van der Waals surface area contributed by atoms with Crippen molar-refractivity contribution in [2.45, 2.75) is 13.0 Å². The quantitative estimate of drug-likeness (QED) is 0.407. The van der Waals surface area contributed by atoms with E-state index in [0.717, 1.165) is 16.0 Å². The number of hydrogen-bond donors (Lipinski definition) is 0. The maximum atomic E-state index is 13.8. The fourth-order valence-corrected chi connectivity index (χ4v) is 4.70. The van der Waals surface area contributed by atoms with Crippen molar-refractivity contribution in [1.82, 2.24) is 14.1 Å². The molecule has 0 N–H and O–H groups in total. The third-order valence-electron chi connectivity index (χ3n) is 5.56. The van der Waals surface area contributed by atoms with E-state index in [0.29, 0.717) is 16.9 Å². The molecule has 3 aromatic heterocycles. The van der Waals surface area contributed by atoms with E-state index in [9.17, 15) is 9.59 Å². The molecule has 3 heterocycles. The fourth-order valence-electron chi connectivity index (χ4n) is 3.99. The number of fused-ring (bicyclic) bond motifs is 2. The molecule has 0 aliphatic heterocycles. The van der Waals surface area contributed by atoms with Crippen LogP contribution in [0, 0.1) is 0 Å². The molecule has 0 aliphatic rings. The highest BCUT2D eigenvalue weighted by Crippen LogP contribution is 2.28. The molecule has 0 spiro atoms. The maximum Gasteiger partial charge on any atom is 0.267 e. The number of rotatable bonds is 3. The Labute approximate surface area is 176 Å². The number of nitrogens with zero attached hydrogens (tertiary/aromatic N) is 3. The zero-order valence-electron chi connectivity index (χ0n) is 16.6. The summed E-state index contributed by atoms with van der Waals surface area (Å²) in [4.78, 5) is 32.9. The standard InChI is InChI=1S/C24H19N3O2S/c1-15(16-9-4-3-5-10-16)27-22(19-13-8-14-30-19)25-23-20(24(27)29)21(28)17-11-6-7-12-18(17)26(23)2/h3-15H,1-2H3/t15-/m0/s1. The van der Waals surface area contributed by atoms with Crippen LogP contribution in [-0.4, -0.2) is 14.1 Å². The van der Waals surface area contributed by atoms with E-state index < -0.39 is 0 Å². The first-order valence-corrected chi connectivity index (χ1v) is 10.6. The summed E-state index contributed by atoms with van der Waals surface area (Å²) < 4.78 is 3.49. The van der Waals surface area contributed by atoms with Crippen molar-refractivity contribution in [1.29, 1.82) is 0 Å². The summed E-state index contributed by atoms with van der Waals surface area (Å²) >= 11 is 1.52. The lowest BCUT2D eigenvalue weighted by Gasteiger charge is -2.20. The van der Waals surface area contributed by atoms with Crippen LogP contribution in [0.5, 0.6) is 0 Å². The molecule has 0 radical (unpaired) electrons. The van der Waals surface area contributed by atoms with E-state index in [1.165, 1.54) is 11.3 Å². The average Bonchev–Trinajstić information content (AvgIpc) is 3.32. The van der Waals surface area contributed by atoms with Crippen LogP contribution in [0.3, 0.4) is 0 Å². The van der Waals surface area contributed by atoms with E-state index in [2.05, 4.69) is 0 Å². The zero-order chi connectivity index (χ0) is 20.8. The van der Waals surface area contributed by atoms with Crippen LogP contribution in [-0.2, 0) is 7.05 Å². The van der Waals surface area contributed by atoms with Gasteiger partial charge in [0.2, 0.25) is 5.43 Å². The Hall–Kier alpha value is -3.51. The van der Waals surface area contributed by atoms with Crippen LogP contribution in [0.15, 0.2) is 81.7 Å². The summed E-state index contributed by atoms with van der Waals surface area (Å²) in [5, 5.41) is 2.61. The lowest BCUT2D eigenvalue weighted by molar-refractivity contribution is 0.616. The number of aryl methyl sites for hydroxylation is 1. The average molecular weight is 414 g/mol. The minimum Gasteiger partial charge on any atom is -0.328 e. The van der Waals surface area contributed by atoms with Crippen molar-refractivity contribution >= 4 is 33.3 Å². The molecule has 0 aliphatic carbocycles. The molecule has 0 saturated carbocycles. The molecule has 6 heteroatoms. The first-order chi connectivity index (χ1) is 14.6. The van der Waals surface area contributed by atoms with Gasteiger partial charge in [0, 0.05) is 12.4 Å². The van der Waals surface area contributed by atoms with Gasteiger partial charge in [-0.2, -0.15) is 0 Å². The van der Waals surface area contributed by atoms with E-state index in [1.54, 1.807) is 10.6 Å². The lowest BCUT2D eigenvalue weighted by atomic mass is 10.1. The van der Waals surface area contributed by atoms with Crippen molar-refractivity contribution in [3.8, 4) is 10.7 Å². The van der Waals surface area contributed by atoms with Gasteiger partial charge in [-0.25, -0.2) is 4.98 Å². The molecular weight excluding hydrogens is 394 g/mol. The maximum absolute atomic E-state index is 13.8. The van der Waals surface area contributed by atoms with Gasteiger partial charge in [-0.1, -0.05) is 48.5 Å². The second-order valence-corrected chi connectivity index (χ2v) is 8.23. The second kappa shape index (κ2) is 7.07. The summed E-state index contributed by atoms with van der Waals surface area (Å²) in [6, 6.07) is 20.7. The Morgan fingerprint density at radius 2 is 1.67 bits per heavy atom. The molecule has 0 saturated heterocycles. The smallest absolute Gasteiger partial charge is 0.267 e.